The van der Waals surface area contributed by atoms with Gasteiger partial charge in [0.2, 0.25) is 11.9 Å². The molecule has 0 radical (unpaired) electrons. The fourth-order valence-electron chi connectivity index (χ4n) is 3.76. The zero-order valence-corrected chi connectivity index (χ0v) is 16.0. The molecular formula is C20H23N5O3. The molecule has 1 saturated heterocycles. The van der Waals surface area contributed by atoms with E-state index in [9.17, 15) is 9.59 Å². The zero-order valence-electron chi connectivity index (χ0n) is 16.0. The molecule has 8 heteroatoms. The van der Waals surface area contributed by atoms with Crippen molar-refractivity contribution in [3.8, 4) is 0 Å². The van der Waals surface area contributed by atoms with Crippen LogP contribution in [0.2, 0.25) is 0 Å². The first kappa shape index (κ1) is 18.4. The summed E-state index contributed by atoms with van der Waals surface area (Å²) >= 11 is 0. The maximum absolute atomic E-state index is 12.5. The quantitative estimate of drug-likeness (QED) is 0.873. The van der Waals surface area contributed by atoms with E-state index in [-0.39, 0.29) is 17.9 Å². The first-order chi connectivity index (χ1) is 13.5. The Morgan fingerprint density at radius 2 is 1.89 bits per heavy atom. The van der Waals surface area contributed by atoms with Gasteiger partial charge < -0.3 is 19.9 Å². The summed E-state index contributed by atoms with van der Waals surface area (Å²) in [6.45, 7) is 6.40. The van der Waals surface area contributed by atoms with Crippen LogP contribution in [-0.2, 0) is 16.0 Å². The van der Waals surface area contributed by atoms with Gasteiger partial charge in [0.15, 0.2) is 0 Å². The minimum absolute atomic E-state index is 0.0283. The molecule has 1 fully saturated rings. The van der Waals surface area contributed by atoms with Crippen LogP contribution in [0.3, 0.4) is 0 Å². The van der Waals surface area contributed by atoms with E-state index in [2.05, 4.69) is 15.3 Å². The predicted molar refractivity (Wildman–Crippen MR) is 106 cm³/mol. The van der Waals surface area contributed by atoms with Crippen molar-refractivity contribution in [2.24, 2.45) is 0 Å². The predicted octanol–water partition coefficient (Wildman–Crippen LogP) is 1.86. The summed E-state index contributed by atoms with van der Waals surface area (Å²) < 4.78 is 5.32. The van der Waals surface area contributed by atoms with Crippen LogP contribution in [0.5, 0.6) is 0 Å². The highest BCUT2D eigenvalue weighted by atomic mass is 16.5. The van der Waals surface area contributed by atoms with Gasteiger partial charge >= 0.3 is 0 Å². The maximum atomic E-state index is 12.5. The number of ether oxygens (including phenoxy) is 1. The number of morpholine rings is 1. The average Bonchev–Trinajstić information content (AvgIpc) is 3.04. The number of hydrogen-bond donors (Lipinski definition) is 1. The summed E-state index contributed by atoms with van der Waals surface area (Å²) in [5, 5.41) is 2.89. The van der Waals surface area contributed by atoms with Crippen molar-refractivity contribution in [1.82, 2.24) is 9.97 Å². The van der Waals surface area contributed by atoms with Crippen LogP contribution in [0.25, 0.3) is 0 Å². The number of aromatic nitrogens is 2. The van der Waals surface area contributed by atoms with Crippen molar-refractivity contribution in [3.63, 3.8) is 0 Å². The Bertz CT molecular complexity index is 893. The van der Waals surface area contributed by atoms with Crippen molar-refractivity contribution in [1.29, 1.82) is 0 Å². The topological polar surface area (TPSA) is 87.7 Å². The lowest BCUT2D eigenvalue weighted by molar-refractivity contribution is -0.116. The molecule has 1 aromatic heterocycles. The van der Waals surface area contributed by atoms with E-state index in [1.54, 1.807) is 24.2 Å². The molecule has 1 atom stereocenters. The second kappa shape index (κ2) is 7.55. The van der Waals surface area contributed by atoms with E-state index in [0.29, 0.717) is 30.4 Å². The summed E-state index contributed by atoms with van der Waals surface area (Å²) in [4.78, 5) is 36.8. The normalized spacial score (nSPS) is 18.7. The van der Waals surface area contributed by atoms with Gasteiger partial charge in [0.1, 0.15) is 0 Å². The molecule has 8 nitrogen and oxygen atoms in total. The number of carbonyl (C=O) groups is 2. The Morgan fingerprint density at radius 1 is 1.18 bits per heavy atom. The molecule has 0 saturated carbocycles. The number of nitrogens with zero attached hydrogens (tertiary/aromatic N) is 4. The van der Waals surface area contributed by atoms with Gasteiger partial charge in [0, 0.05) is 49.8 Å². The van der Waals surface area contributed by atoms with E-state index in [0.717, 1.165) is 30.8 Å². The number of fused-ring (bicyclic) bond motifs is 1. The largest absolute Gasteiger partial charge is 0.378 e. The molecule has 2 aliphatic rings. The lowest BCUT2D eigenvalue weighted by Gasteiger charge is -2.26. The number of rotatable bonds is 3. The number of benzene rings is 1. The summed E-state index contributed by atoms with van der Waals surface area (Å²) in [5.41, 5.74) is 3.06. The summed E-state index contributed by atoms with van der Waals surface area (Å²) in [5.74, 6) is 0.374. The van der Waals surface area contributed by atoms with Crippen molar-refractivity contribution in [2.75, 3.05) is 41.4 Å². The van der Waals surface area contributed by atoms with Gasteiger partial charge in [0.05, 0.1) is 18.8 Å². The molecule has 28 heavy (non-hydrogen) atoms. The molecule has 2 aliphatic heterocycles. The number of carbonyl (C=O) groups excluding carboxylic acids is 2. The minimum atomic E-state index is -0.261. The van der Waals surface area contributed by atoms with Crippen molar-refractivity contribution < 1.29 is 14.3 Å². The number of anilines is 3. The molecule has 0 unspecified atom stereocenters. The zero-order chi connectivity index (χ0) is 19.7. The monoisotopic (exact) mass is 381 g/mol. The third-order valence-electron chi connectivity index (χ3n) is 5.09. The van der Waals surface area contributed by atoms with Crippen molar-refractivity contribution in [2.45, 2.75) is 26.3 Å². The van der Waals surface area contributed by atoms with E-state index in [1.807, 2.05) is 30.0 Å². The highest BCUT2D eigenvalue weighted by molar-refractivity contribution is 6.04. The SMILES string of the molecule is CC(=O)N1c2ccc(NC(=O)c3cnc(N4CCOCC4)nc3)cc2C[C@H]1C. The summed E-state index contributed by atoms with van der Waals surface area (Å²) in [6, 6.07) is 5.75. The van der Waals surface area contributed by atoms with Crippen LogP contribution in [0.4, 0.5) is 17.3 Å². The Morgan fingerprint density at radius 3 is 2.57 bits per heavy atom. The molecule has 1 N–H and O–H groups in total. The Hall–Kier alpha value is -3.00. The Kier molecular flexibility index (Phi) is 4.95. The van der Waals surface area contributed by atoms with E-state index >= 15 is 0 Å². The molecule has 0 bridgehead atoms. The third-order valence-corrected chi connectivity index (χ3v) is 5.09. The second-order valence-electron chi connectivity index (χ2n) is 7.11. The third kappa shape index (κ3) is 3.55. The van der Waals surface area contributed by atoms with Crippen LogP contribution in [0.15, 0.2) is 30.6 Å². The van der Waals surface area contributed by atoms with Gasteiger partial charge in [-0.15, -0.1) is 0 Å². The molecule has 2 amide bonds. The fraction of sp³-hybridized carbons (Fsp3) is 0.400. The fourth-order valence-corrected chi connectivity index (χ4v) is 3.76. The second-order valence-corrected chi connectivity index (χ2v) is 7.11. The molecule has 4 rings (SSSR count). The van der Waals surface area contributed by atoms with Crippen molar-refractivity contribution >= 4 is 29.1 Å². The Labute approximate surface area is 163 Å². The smallest absolute Gasteiger partial charge is 0.258 e. The molecular weight excluding hydrogens is 358 g/mol. The van der Waals surface area contributed by atoms with Gasteiger partial charge in [0.25, 0.3) is 5.91 Å². The minimum Gasteiger partial charge on any atom is -0.378 e. The van der Waals surface area contributed by atoms with Crippen LogP contribution in [-0.4, -0.2) is 54.1 Å². The van der Waals surface area contributed by atoms with E-state index < -0.39 is 0 Å². The first-order valence-corrected chi connectivity index (χ1v) is 9.42. The van der Waals surface area contributed by atoms with Gasteiger partial charge in [-0.05, 0) is 37.1 Å². The maximum Gasteiger partial charge on any atom is 0.258 e. The molecule has 1 aromatic carbocycles. The molecule has 0 spiro atoms. The summed E-state index contributed by atoms with van der Waals surface area (Å²) in [6.07, 6.45) is 3.86. The standard InChI is InChI=1S/C20H23N5O3/c1-13-9-15-10-17(3-4-18(15)25(13)14(2)26)23-19(27)16-11-21-20(22-12-16)24-5-7-28-8-6-24/h3-4,10-13H,5-9H2,1-2H3,(H,23,27)/t13-/m1/s1. The van der Waals surface area contributed by atoms with Gasteiger partial charge in [-0.3, -0.25) is 9.59 Å². The number of nitrogens with one attached hydrogen (secondary N) is 1. The molecule has 146 valence electrons. The number of amides is 2. The van der Waals surface area contributed by atoms with E-state index in [4.69, 9.17) is 4.74 Å². The first-order valence-electron chi connectivity index (χ1n) is 9.42. The van der Waals surface area contributed by atoms with Crippen LogP contribution < -0.4 is 15.1 Å². The highest BCUT2D eigenvalue weighted by Crippen LogP contribution is 2.34. The van der Waals surface area contributed by atoms with Crippen LogP contribution in [0, 0.1) is 0 Å². The lowest BCUT2D eigenvalue weighted by Crippen LogP contribution is -2.37. The van der Waals surface area contributed by atoms with Crippen LogP contribution in [0.1, 0.15) is 29.8 Å². The average molecular weight is 381 g/mol. The Balaban J connectivity index is 1.45. The highest BCUT2D eigenvalue weighted by Gasteiger charge is 2.29. The molecule has 2 aromatic rings. The lowest BCUT2D eigenvalue weighted by atomic mass is 10.1. The van der Waals surface area contributed by atoms with Crippen LogP contribution >= 0.6 is 0 Å². The molecule has 0 aliphatic carbocycles. The van der Waals surface area contributed by atoms with Crippen molar-refractivity contribution in [3.05, 3.63) is 41.7 Å². The van der Waals surface area contributed by atoms with E-state index in [1.165, 1.54) is 0 Å². The van der Waals surface area contributed by atoms with Gasteiger partial charge in [-0.1, -0.05) is 0 Å². The van der Waals surface area contributed by atoms with Gasteiger partial charge in [-0.25, -0.2) is 9.97 Å². The summed E-state index contributed by atoms with van der Waals surface area (Å²) in [7, 11) is 0. The molecule has 3 heterocycles. The number of hydrogen-bond acceptors (Lipinski definition) is 6. The van der Waals surface area contributed by atoms with Gasteiger partial charge in [-0.2, -0.15) is 0 Å².